The summed E-state index contributed by atoms with van der Waals surface area (Å²) in [5, 5.41) is 5.31. The minimum absolute atomic E-state index is 0.0335. The number of hydrogen-bond donors (Lipinski definition) is 1. The number of hydrogen-bond acceptors (Lipinski definition) is 5. The second-order valence-corrected chi connectivity index (χ2v) is 6.89. The van der Waals surface area contributed by atoms with Crippen molar-refractivity contribution in [2.45, 2.75) is 39.2 Å². The number of amides is 2. The van der Waals surface area contributed by atoms with Crippen LogP contribution in [0.25, 0.3) is 10.8 Å². The standard InChI is InChI=1S/C17H21N3O3S/c1-11-6-7-15(23-11)16-19-14(10-24-16)17(22)20-8-4-3-5-13(20)9-18-12(2)21/h6-7,10,13H,3-5,8-9H2,1-2H3,(H,18,21). The molecule has 128 valence electrons. The van der Waals surface area contributed by atoms with Crippen LogP contribution in [0.1, 0.15) is 42.4 Å². The average Bonchev–Trinajstić information content (AvgIpc) is 3.21. The van der Waals surface area contributed by atoms with Crippen LogP contribution in [0, 0.1) is 6.92 Å². The van der Waals surface area contributed by atoms with E-state index in [0.717, 1.165) is 25.0 Å². The van der Waals surface area contributed by atoms with Crippen molar-refractivity contribution in [1.82, 2.24) is 15.2 Å². The third kappa shape index (κ3) is 3.67. The van der Waals surface area contributed by atoms with Gasteiger partial charge in [-0.3, -0.25) is 9.59 Å². The molecule has 1 atom stereocenters. The Bertz CT molecular complexity index is 737. The molecule has 0 spiro atoms. The Labute approximate surface area is 144 Å². The minimum atomic E-state index is -0.0733. The molecule has 2 aromatic heterocycles. The number of furan rings is 1. The number of piperidine rings is 1. The van der Waals surface area contributed by atoms with Gasteiger partial charge in [-0.05, 0) is 38.3 Å². The summed E-state index contributed by atoms with van der Waals surface area (Å²) in [4.78, 5) is 30.3. The molecule has 2 aromatic rings. The van der Waals surface area contributed by atoms with Crippen molar-refractivity contribution < 1.29 is 14.0 Å². The first kappa shape index (κ1) is 16.7. The van der Waals surface area contributed by atoms with Crippen LogP contribution in [0.3, 0.4) is 0 Å². The van der Waals surface area contributed by atoms with Gasteiger partial charge in [0, 0.05) is 31.4 Å². The maximum Gasteiger partial charge on any atom is 0.273 e. The molecule has 0 radical (unpaired) electrons. The van der Waals surface area contributed by atoms with Crippen LogP contribution in [-0.4, -0.2) is 40.8 Å². The Balaban J connectivity index is 1.74. The molecule has 1 saturated heterocycles. The zero-order valence-electron chi connectivity index (χ0n) is 13.9. The van der Waals surface area contributed by atoms with Crippen LogP contribution in [0.4, 0.5) is 0 Å². The summed E-state index contributed by atoms with van der Waals surface area (Å²) in [6, 6.07) is 3.78. The van der Waals surface area contributed by atoms with Crippen LogP contribution in [0.2, 0.25) is 0 Å². The molecule has 24 heavy (non-hydrogen) atoms. The molecule has 1 fully saturated rings. The highest BCUT2D eigenvalue weighted by molar-refractivity contribution is 7.13. The van der Waals surface area contributed by atoms with Crippen molar-refractivity contribution in [3.05, 3.63) is 29.0 Å². The number of thiazole rings is 1. The van der Waals surface area contributed by atoms with Gasteiger partial charge in [0.1, 0.15) is 11.5 Å². The second kappa shape index (κ2) is 7.17. The summed E-state index contributed by atoms with van der Waals surface area (Å²) in [6.07, 6.45) is 2.96. The predicted octanol–water partition coefficient (Wildman–Crippen LogP) is 2.84. The zero-order chi connectivity index (χ0) is 17.1. The van der Waals surface area contributed by atoms with E-state index in [1.165, 1.54) is 18.3 Å². The van der Waals surface area contributed by atoms with Crippen LogP contribution in [0.15, 0.2) is 21.9 Å². The number of nitrogens with one attached hydrogen (secondary N) is 1. The Morgan fingerprint density at radius 1 is 1.42 bits per heavy atom. The van der Waals surface area contributed by atoms with Gasteiger partial charge in [0.15, 0.2) is 10.8 Å². The third-order valence-corrected chi connectivity index (χ3v) is 5.01. The maximum atomic E-state index is 12.8. The largest absolute Gasteiger partial charge is 0.459 e. The maximum absolute atomic E-state index is 12.8. The van der Waals surface area contributed by atoms with Gasteiger partial charge < -0.3 is 14.6 Å². The molecule has 3 rings (SSSR count). The Hall–Kier alpha value is -2.15. The predicted molar refractivity (Wildman–Crippen MR) is 91.9 cm³/mol. The Kier molecular flexibility index (Phi) is 4.99. The van der Waals surface area contributed by atoms with Gasteiger partial charge >= 0.3 is 0 Å². The number of aryl methyl sites for hydroxylation is 1. The smallest absolute Gasteiger partial charge is 0.273 e. The van der Waals surface area contributed by atoms with Gasteiger partial charge in [-0.15, -0.1) is 11.3 Å². The van der Waals surface area contributed by atoms with Crippen LogP contribution >= 0.6 is 11.3 Å². The Morgan fingerprint density at radius 2 is 2.25 bits per heavy atom. The fraction of sp³-hybridized carbons (Fsp3) is 0.471. The molecule has 0 aliphatic carbocycles. The van der Waals surface area contributed by atoms with Crippen LogP contribution < -0.4 is 5.32 Å². The molecule has 1 unspecified atom stereocenters. The van der Waals surface area contributed by atoms with E-state index in [1.807, 2.05) is 24.0 Å². The number of carbonyl (C=O) groups is 2. The highest BCUT2D eigenvalue weighted by Gasteiger charge is 2.29. The fourth-order valence-corrected chi connectivity index (χ4v) is 3.68. The molecule has 1 aliphatic rings. The number of nitrogens with zero attached hydrogens (tertiary/aromatic N) is 2. The number of rotatable bonds is 4. The quantitative estimate of drug-likeness (QED) is 0.923. The van der Waals surface area contributed by atoms with Gasteiger partial charge in [-0.25, -0.2) is 4.98 Å². The lowest BCUT2D eigenvalue weighted by molar-refractivity contribution is -0.119. The molecule has 7 heteroatoms. The van der Waals surface area contributed by atoms with Gasteiger partial charge in [-0.1, -0.05) is 0 Å². The fourth-order valence-electron chi connectivity index (χ4n) is 2.92. The molecular weight excluding hydrogens is 326 g/mol. The topological polar surface area (TPSA) is 75.4 Å². The van der Waals surface area contributed by atoms with E-state index in [4.69, 9.17) is 4.42 Å². The Morgan fingerprint density at radius 3 is 2.96 bits per heavy atom. The molecule has 3 heterocycles. The first-order chi connectivity index (χ1) is 11.5. The molecule has 0 bridgehead atoms. The van der Waals surface area contributed by atoms with E-state index in [2.05, 4.69) is 10.3 Å². The summed E-state index contributed by atoms with van der Waals surface area (Å²) in [5.74, 6) is 1.36. The monoisotopic (exact) mass is 347 g/mol. The number of likely N-dealkylation sites (tertiary alicyclic amines) is 1. The molecule has 2 amide bonds. The van der Waals surface area contributed by atoms with Gasteiger partial charge in [-0.2, -0.15) is 0 Å². The lowest BCUT2D eigenvalue weighted by atomic mass is 10.0. The third-order valence-electron chi connectivity index (χ3n) is 4.15. The van der Waals surface area contributed by atoms with Crippen molar-refractivity contribution >= 4 is 23.2 Å². The van der Waals surface area contributed by atoms with Crippen LogP contribution in [0.5, 0.6) is 0 Å². The van der Waals surface area contributed by atoms with Gasteiger partial charge in [0.25, 0.3) is 5.91 Å². The minimum Gasteiger partial charge on any atom is -0.459 e. The van der Waals surface area contributed by atoms with Crippen LogP contribution in [-0.2, 0) is 4.79 Å². The van der Waals surface area contributed by atoms with E-state index in [-0.39, 0.29) is 17.9 Å². The van der Waals surface area contributed by atoms with E-state index in [0.29, 0.717) is 29.6 Å². The van der Waals surface area contributed by atoms with E-state index >= 15 is 0 Å². The van der Waals surface area contributed by atoms with Crippen molar-refractivity contribution in [3.8, 4) is 10.8 Å². The summed E-state index contributed by atoms with van der Waals surface area (Å²) < 4.78 is 5.57. The van der Waals surface area contributed by atoms with E-state index in [9.17, 15) is 9.59 Å². The molecule has 0 aromatic carbocycles. The summed E-state index contributed by atoms with van der Waals surface area (Å²) >= 11 is 1.41. The van der Waals surface area contributed by atoms with Crippen molar-refractivity contribution in [2.24, 2.45) is 0 Å². The first-order valence-electron chi connectivity index (χ1n) is 8.12. The molecule has 0 saturated carbocycles. The lowest BCUT2D eigenvalue weighted by Crippen LogP contribution is -2.49. The highest BCUT2D eigenvalue weighted by Crippen LogP contribution is 2.27. The summed E-state index contributed by atoms with van der Waals surface area (Å²) in [5.41, 5.74) is 0.443. The van der Waals surface area contributed by atoms with Crippen molar-refractivity contribution in [2.75, 3.05) is 13.1 Å². The van der Waals surface area contributed by atoms with Gasteiger partial charge in [0.2, 0.25) is 5.91 Å². The molecule has 6 nitrogen and oxygen atoms in total. The first-order valence-corrected chi connectivity index (χ1v) is 9.00. The summed E-state index contributed by atoms with van der Waals surface area (Å²) in [7, 11) is 0. The normalized spacial score (nSPS) is 17.8. The molecule has 1 aliphatic heterocycles. The summed E-state index contributed by atoms with van der Waals surface area (Å²) in [6.45, 7) is 4.57. The highest BCUT2D eigenvalue weighted by atomic mass is 32.1. The van der Waals surface area contributed by atoms with E-state index < -0.39 is 0 Å². The number of carbonyl (C=O) groups excluding carboxylic acids is 2. The lowest BCUT2D eigenvalue weighted by Gasteiger charge is -2.35. The van der Waals surface area contributed by atoms with Crippen molar-refractivity contribution in [1.29, 1.82) is 0 Å². The van der Waals surface area contributed by atoms with Crippen molar-refractivity contribution in [3.63, 3.8) is 0 Å². The zero-order valence-corrected chi connectivity index (χ0v) is 14.7. The average molecular weight is 347 g/mol. The SMILES string of the molecule is CC(=O)NCC1CCCCN1C(=O)c1csc(-c2ccc(C)o2)n1. The molecule has 1 N–H and O–H groups in total. The van der Waals surface area contributed by atoms with E-state index in [1.54, 1.807) is 5.38 Å². The second-order valence-electron chi connectivity index (χ2n) is 6.03. The number of aromatic nitrogens is 1. The molecular formula is C17H21N3O3S. The van der Waals surface area contributed by atoms with Gasteiger partial charge in [0.05, 0.1) is 0 Å².